The highest BCUT2D eigenvalue weighted by Crippen LogP contribution is 2.28. The minimum atomic E-state index is -0.320. The molecule has 1 N–H and O–H groups in total. The van der Waals surface area contributed by atoms with E-state index in [9.17, 15) is 5.11 Å². The van der Waals surface area contributed by atoms with Gasteiger partial charge in [-0.05, 0) is 25.0 Å². The van der Waals surface area contributed by atoms with Gasteiger partial charge in [0.1, 0.15) is 0 Å². The summed E-state index contributed by atoms with van der Waals surface area (Å²) < 4.78 is 5.50. The Hall–Kier alpha value is -0.220. The monoisotopic (exact) mass is 272 g/mol. The van der Waals surface area contributed by atoms with E-state index < -0.39 is 0 Å². The SMILES string of the molecule is OC(CSc1ccccc1Cl)CC1CCCO1. The number of thioether (sulfide) groups is 1. The zero-order valence-electron chi connectivity index (χ0n) is 9.64. The van der Waals surface area contributed by atoms with Crippen LogP contribution in [0.4, 0.5) is 0 Å². The van der Waals surface area contributed by atoms with Crippen LogP contribution in [0, 0.1) is 0 Å². The van der Waals surface area contributed by atoms with E-state index in [-0.39, 0.29) is 12.2 Å². The number of rotatable bonds is 5. The average Bonchev–Trinajstić information content (AvgIpc) is 2.81. The van der Waals surface area contributed by atoms with E-state index in [4.69, 9.17) is 16.3 Å². The van der Waals surface area contributed by atoms with Crippen LogP contribution in [0.5, 0.6) is 0 Å². The van der Waals surface area contributed by atoms with E-state index in [0.29, 0.717) is 5.75 Å². The van der Waals surface area contributed by atoms with Crippen LogP contribution in [0.2, 0.25) is 5.02 Å². The topological polar surface area (TPSA) is 29.5 Å². The van der Waals surface area contributed by atoms with Crippen molar-refractivity contribution in [2.75, 3.05) is 12.4 Å². The third kappa shape index (κ3) is 4.18. The summed E-state index contributed by atoms with van der Waals surface area (Å²) in [5.41, 5.74) is 0. The van der Waals surface area contributed by atoms with Crippen LogP contribution in [0.3, 0.4) is 0 Å². The molecule has 0 aliphatic carbocycles. The molecular weight excluding hydrogens is 256 g/mol. The van der Waals surface area contributed by atoms with Crippen molar-refractivity contribution in [2.24, 2.45) is 0 Å². The first-order chi connectivity index (χ1) is 8.25. The van der Waals surface area contributed by atoms with Crippen LogP contribution in [0.25, 0.3) is 0 Å². The fourth-order valence-electron chi connectivity index (χ4n) is 1.95. The smallest absolute Gasteiger partial charge is 0.0658 e. The normalized spacial score (nSPS) is 21.6. The molecule has 0 saturated carbocycles. The molecule has 1 aliphatic rings. The Morgan fingerprint density at radius 2 is 2.29 bits per heavy atom. The summed E-state index contributed by atoms with van der Waals surface area (Å²) in [5.74, 6) is 0.670. The van der Waals surface area contributed by atoms with Crippen LogP contribution in [0.15, 0.2) is 29.2 Å². The fraction of sp³-hybridized carbons (Fsp3) is 0.538. The minimum absolute atomic E-state index is 0.247. The summed E-state index contributed by atoms with van der Waals surface area (Å²) in [5, 5.41) is 10.7. The second-order valence-corrected chi connectivity index (χ2v) is 5.74. The second-order valence-electron chi connectivity index (χ2n) is 4.27. The van der Waals surface area contributed by atoms with Crippen LogP contribution < -0.4 is 0 Å². The van der Waals surface area contributed by atoms with Gasteiger partial charge in [0.25, 0.3) is 0 Å². The number of aliphatic hydroxyl groups excluding tert-OH is 1. The van der Waals surface area contributed by atoms with Gasteiger partial charge in [0.15, 0.2) is 0 Å². The minimum Gasteiger partial charge on any atom is -0.392 e. The Labute approximate surface area is 111 Å². The van der Waals surface area contributed by atoms with Gasteiger partial charge in [-0.15, -0.1) is 11.8 Å². The summed E-state index contributed by atoms with van der Waals surface area (Å²) in [6.45, 7) is 0.842. The van der Waals surface area contributed by atoms with Crippen molar-refractivity contribution in [1.29, 1.82) is 0 Å². The highest BCUT2D eigenvalue weighted by Gasteiger charge is 2.19. The van der Waals surface area contributed by atoms with E-state index in [1.165, 1.54) is 0 Å². The summed E-state index contributed by atoms with van der Waals surface area (Å²) in [6, 6.07) is 7.72. The number of hydrogen-bond donors (Lipinski definition) is 1. The number of aliphatic hydroxyl groups is 1. The number of benzene rings is 1. The van der Waals surface area contributed by atoms with E-state index in [1.807, 2.05) is 24.3 Å². The molecule has 0 spiro atoms. The van der Waals surface area contributed by atoms with Gasteiger partial charge in [-0.3, -0.25) is 0 Å². The molecule has 17 heavy (non-hydrogen) atoms. The van der Waals surface area contributed by atoms with Crippen LogP contribution in [-0.2, 0) is 4.74 Å². The first kappa shape index (κ1) is 13.2. The van der Waals surface area contributed by atoms with Gasteiger partial charge in [0, 0.05) is 23.7 Å². The molecule has 1 aromatic carbocycles. The standard InChI is InChI=1S/C13H17ClO2S/c14-12-5-1-2-6-13(12)17-9-10(15)8-11-4-3-7-16-11/h1-2,5-6,10-11,15H,3-4,7-9H2. The van der Waals surface area contributed by atoms with Gasteiger partial charge in [0.2, 0.25) is 0 Å². The Bertz CT molecular complexity index is 353. The predicted molar refractivity (Wildman–Crippen MR) is 71.8 cm³/mol. The molecule has 0 aromatic heterocycles. The maximum atomic E-state index is 9.92. The van der Waals surface area contributed by atoms with E-state index in [1.54, 1.807) is 11.8 Å². The summed E-state index contributed by atoms with van der Waals surface area (Å²) in [4.78, 5) is 1.03. The molecular formula is C13H17ClO2S. The van der Waals surface area contributed by atoms with Gasteiger partial charge >= 0.3 is 0 Å². The molecule has 0 radical (unpaired) electrons. The molecule has 1 heterocycles. The molecule has 2 atom stereocenters. The lowest BCUT2D eigenvalue weighted by Crippen LogP contribution is -2.19. The number of ether oxygens (including phenoxy) is 1. The summed E-state index contributed by atoms with van der Waals surface area (Å²) in [7, 11) is 0. The van der Waals surface area contributed by atoms with E-state index in [0.717, 1.165) is 35.8 Å². The van der Waals surface area contributed by atoms with Crippen molar-refractivity contribution >= 4 is 23.4 Å². The molecule has 0 bridgehead atoms. The van der Waals surface area contributed by atoms with Crippen molar-refractivity contribution in [1.82, 2.24) is 0 Å². The van der Waals surface area contributed by atoms with Crippen molar-refractivity contribution in [3.8, 4) is 0 Å². The first-order valence-electron chi connectivity index (χ1n) is 5.92. The predicted octanol–water partition coefficient (Wildman–Crippen LogP) is 3.36. The Morgan fingerprint density at radius 1 is 1.47 bits per heavy atom. The third-order valence-electron chi connectivity index (χ3n) is 2.83. The molecule has 0 amide bonds. The number of hydrogen-bond acceptors (Lipinski definition) is 3. The first-order valence-corrected chi connectivity index (χ1v) is 7.29. The van der Waals surface area contributed by atoms with Crippen molar-refractivity contribution in [3.05, 3.63) is 29.3 Å². The highest BCUT2D eigenvalue weighted by atomic mass is 35.5. The second kappa shape index (κ2) is 6.64. The maximum absolute atomic E-state index is 9.92. The van der Waals surface area contributed by atoms with Gasteiger partial charge in [-0.2, -0.15) is 0 Å². The molecule has 1 fully saturated rings. The zero-order chi connectivity index (χ0) is 12.1. The van der Waals surface area contributed by atoms with Gasteiger partial charge < -0.3 is 9.84 Å². The third-order valence-corrected chi connectivity index (χ3v) is 4.49. The van der Waals surface area contributed by atoms with E-state index in [2.05, 4.69) is 0 Å². The molecule has 1 aliphatic heterocycles. The maximum Gasteiger partial charge on any atom is 0.0658 e. The molecule has 1 saturated heterocycles. The molecule has 2 nitrogen and oxygen atoms in total. The van der Waals surface area contributed by atoms with Crippen LogP contribution >= 0.6 is 23.4 Å². The average molecular weight is 273 g/mol. The Morgan fingerprint density at radius 3 is 3.00 bits per heavy atom. The molecule has 4 heteroatoms. The van der Waals surface area contributed by atoms with Crippen molar-refractivity contribution < 1.29 is 9.84 Å². The van der Waals surface area contributed by atoms with Crippen molar-refractivity contribution in [3.63, 3.8) is 0 Å². The fourth-order valence-corrected chi connectivity index (χ4v) is 3.14. The number of halogens is 1. The summed E-state index contributed by atoms with van der Waals surface area (Å²) >= 11 is 7.65. The summed E-state index contributed by atoms with van der Waals surface area (Å²) in [6.07, 6.45) is 2.86. The molecule has 1 aromatic rings. The molecule has 94 valence electrons. The van der Waals surface area contributed by atoms with Crippen LogP contribution in [-0.4, -0.2) is 29.7 Å². The zero-order valence-corrected chi connectivity index (χ0v) is 11.2. The lowest BCUT2D eigenvalue weighted by Gasteiger charge is -2.15. The molecule has 2 rings (SSSR count). The van der Waals surface area contributed by atoms with Gasteiger partial charge in [0.05, 0.1) is 17.2 Å². The van der Waals surface area contributed by atoms with Gasteiger partial charge in [-0.1, -0.05) is 23.7 Å². The quantitative estimate of drug-likeness (QED) is 0.834. The Kier molecular flexibility index (Phi) is 5.16. The van der Waals surface area contributed by atoms with Crippen molar-refractivity contribution in [2.45, 2.75) is 36.4 Å². The largest absolute Gasteiger partial charge is 0.392 e. The molecule has 2 unspecified atom stereocenters. The van der Waals surface area contributed by atoms with Crippen LogP contribution in [0.1, 0.15) is 19.3 Å². The Balaban J connectivity index is 1.75. The van der Waals surface area contributed by atoms with E-state index >= 15 is 0 Å². The van der Waals surface area contributed by atoms with Gasteiger partial charge in [-0.25, -0.2) is 0 Å². The lowest BCUT2D eigenvalue weighted by atomic mass is 10.1. The highest BCUT2D eigenvalue weighted by molar-refractivity contribution is 7.99. The lowest BCUT2D eigenvalue weighted by molar-refractivity contribution is 0.0621.